The average Bonchev–Trinajstić information content (AvgIpc) is 2.17. The normalized spacial score (nSPS) is 19.5. The van der Waals surface area contributed by atoms with Crippen molar-refractivity contribution in [3.63, 3.8) is 0 Å². The van der Waals surface area contributed by atoms with Crippen LogP contribution >= 0.6 is 24.0 Å². The topological polar surface area (TPSA) is 15.7 Å². The van der Waals surface area contributed by atoms with E-state index in [-0.39, 0.29) is 0 Å². The maximum atomic E-state index is 5.25. The first-order valence-corrected chi connectivity index (χ1v) is 5.80. The van der Waals surface area contributed by atoms with E-state index in [0.717, 1.165) is 36.6 Å². The highest BCUT2D eigenvalue weighted by molar-refractivity contribution is 8.22. The SMILES string of the molecule is CCN1CSC(=S)N(CCOC)C1. The average molecular weight is 220 g/mol. The van der Waals surface area contributed by atoms with Crippen molar-refractivity contribution in [3.8, 4) is 0 Å². The molecule has 0 saturated carbocycles. The molecule has 1 saturated heterocycles. The highest BCUT2D eigenvalue weighted by atomic mass is 32.2. The van der Waals surface area contributed by atoms with Gasteiger partial charge in [-0.3, -0.25) is 4.90 Å². The number of hydrogen-bond donors (Lipinski definition) is 0. The van der Waals surface area contributed by atoms with Gasteiger partial charge in [-0.25, -0.2) is 0 Å². The molecule has 1 fully saturated rings. The van der Waals surface area contributed by atoms with Gasteiger partial charge in [0.05, 0.1) is 19.2 Å². The third kappa shape index (κ3) is 3.42. The summed E-state index contributed by atoms with van der Waals surface area (Å²) in [5.74, 6) is 1.03. The van der Waals surface area contributed by atoms with Crippen molar-refractivity contribution in [2.24, 2.45) is 0 Å². The standard InChI is InChI=1S/C8H16N2OS2/c1-3-9-6-10(4-5-11-2)8(12)13-7-9/h3-7H2,1-2H3. The Morgan fingerprint density at radius 2 is 2.38 bits per heavy atom. The van der Waals surface area contributed by atoms with Crippen LogP contribution in [0.15, 0.2) is 0 Å². The Balaban J connectivity index is 2.36. The molecule has 0 unspecified atom stereocenters. The summed E-state index contributed by atoms with van der Waals surface area (Å²) in [7, 11) is 1.72. The molecule has 13 heavy (non-hydrogen) atoms. The fraction of sp³-hybridized carbons (Fsp3) is 0.875. The van der Waals surface area contributed by atoms with Crippen molar-refractivity contribution in [3.05, 3.63) is 0 Å². The first-order chi connectivity index (χ1) is 6.27. The van der Waals surface area contributed by atoms with Crippen LogP contribution in [0.5, 0.6) is 0 Å². The zero-order valence-corrected chi connectivity index (χ0v) is 9.79. The summed E-state index contributed by atoms with van der Waals surface area (Å²) in [5.41, 5.74) is 0. The molecule has 0 amide bonds. The van der Waals surface area contributed by atoms with Gasteiger partial charge in [0, 0.05) is 13.7 Å². The molecule has 0 aromatic heterocycles. The van der Waals surface area contributed by atoms with Gasteiger partial charge in [0.15, 0.2) is 0 Å². The molecule has 0 bridgehead atoms. The molecule has 0 aromatic rings. The summed E-state index contributed by atoms with van der Waals surface area (Å²) in [6.07, 6.45) is 0. The van der Waals surface area contributed by atoms with Crippen LogP contribution in [-0.2, 0) is 4.74 Å². The van der Waals surface area contributed by atoms with Crippen LogP contribution < -0.4 is 0 Å². The van der Waals surface area contributed by atoms with Crippen molar-refractivity contribution in [2.75, 3.05) is 39.4 Å². The molecule has 1 aliphatic heterocycles. The molecule has 1 aliphatic rings. The van der Waals surface area contributed by atoms with E-state index in [9.17, 15) is 0 Å². The van der Waals surface area contributed by atoms with Crippen LogP contribution in [0.4, 0.5) is 0 Å². The van der Waals surface area contributed by atoms with Crippen LogP contribution in [0.2, 0.25) is 0 Å². The largest absolute Gasteiger partial charge is 0.383 e. The molecule has 5 heteroatoms. The fourth-order valence-corrected chi connectivity index (χ4v) is 2.33. The molecular weight excluding hydrogens is 204 g/mol. The summed E-state index contributed by atoms with van der Waals surface area (Å²) < 4.78 is 6.03. The third-order valence-electron chi connectivity index (χ3n) is 2.01. The first-order valence-electron chi connectivity index (χ1n) is 4.41. The van der Waals surface area contributed by atoms with E-state index < -0.39 is 0 Å². The van der Waals surface area contributed by atoms with Crippen LogP contribution in [-0.4, -0.2) is 53.5 Å². The summed E-state index contributed by atoms with van der Waals surface area (Å²) in [4.78, 5) is 4.55. The van der Waals surface area contributed by atoms with E-state index in [4.69, 9.17) is 17.0 Å². The summed E-state index contributed by atoms with van der Waals surface area (Å²) in [6.45, 7) is 5.85. The number of hydrogen-bond acceptors (Lipinski definition) is 4. The smallest absolute Gasteiger partial charge is 0.138 e. The van der Waals surface area contributed by atoms with Gasteiger partial charge in [-0.05, 0) is 6.54 Å². The molecule has 0 atom stereocenters. The van der Waals surface area contributed by atoms with E-state index >= 15 is 0 Å². The van der Waals surface area contributed by atoms with Gasteiger partial charge >= 0.3 is 0 Å². The molecule has 1 rings (SSSR count). The molecular formula is C8H16N2OS2. The van der Waals surface area contributed by atoms with Crippen LogP contribution in [0.3, 0.4) is 0 Å². The van der Waals surface area contributed by atoms with Crippen LogP contribution in [0.25, 0.3) is 0 Å². The second-order valence-electron chi connectivity index (χ2n) is 2.92. The summed E-state index contributed by atoms with van der Waals surface area (Å²) in [5, 5.41) is 0. The Labute approximate surface area is 89.4 Å². The van der Waals surface area contributed by atoms with Crippen LogP contribution in [0, 0.1) is 0 Å². The maximum Gasteiger partial charge on any atom is 0.138 e. The van der Waals surface area contributed by atoms with E-state index in [1.54, 1.807) is 18.9 Å². The van der Waals surface area contributed by atoms with Gasteiger partial charge in [-0.15, -0.1) is 0 Å². The van der Waals surface area contributed by atoms with Gasteiger partial charge in [0.25, 0.3) is 0 Å². The van der Waals surface area contributed by atoms with Gasteiger partial charge < -0.3 is 9.64 Å². The number of ether oxygens (including phenoxy) is 1. The van der Waals surface area contributed by atoms with Gasteiger partial charge in [0.1, 0.15) is 4.32 Å². The molecule has 1 heterocycles. The van der Waals surface area contributed by atoms with Crippen LogP contribution in [0.1, 0.15) is 6.92 Å². The maximum absolute atomic E-state index is 5.25. The van der Waals surface area contributed by atoms with Gasteiger partial charge in [-0.2, -0.15) is 0 Å². The number of methoxy groups -OCH3 is 1. The Hall–Kier alpha value is 0.160. The lowest BCUT2D eigenvalue weighted by molar-refractivity contribution is 0.149. The van der Waals surface area contributed by atoms with Crippen molar-refractivity contribution in [1.82, 2.24) is 9.80 Å². The lowest BCUT2D eigenvalue weighted by Crippen LogP contribution is -2.45. The molecule has 0 radical (unpaired) electrons. The molecule has 76 valence electrons. The number of thioether (sulfide) groups is 1. The van der Waals surface area contributed by atoms with Gasteiger partial charge in [-0.1, -0.05) is 30.9 Å². The van der Waals surface area contributed by atoms with Crippen molar-refractivity contribution < 1.29 is 4.74 Å². The lowest BCUT2D eigenvalue weighted by Gasteiger charge is -2.35. The fourth-order valence-electron chi connectivity index (χ4n) is 1.13. The van der Waals surface area contributed by atoms with E-state index in [0.29, 0.717) is 0 Å². The number of nitrogens with zero attached hydrogens (tertiary/aromatic N) is 2. The first kappa shape index (κ1) is 11.2. The number of thiocarbonyl (C=S) groups is 1. The Morgan fingerprint density at radius 3 is 3.00 bits per heavy atom. The lowest BCUT2D eigenvalue weighted by atomic mass is 10.5. The Bertz CT molecular complexity index is 178. The molecule has 0 N–H and O–H groups in total. The van der Waals surface area contributed by atoms with Crippen molar-refractivity contribution in [2.45, 2.75) is 6.92 Å². The van der Waals surface area contributed by atoms with Gasteiger partial charge in [0.2, 0.25) is 0 Å². The zero-order chi connectivity index (χ0) is 9.68. The highest BCUT2D eigenvalue weighted by Gasteiger charge is 2.19. The predicted octanol–water partition coefficient (Wildman–Crippen LogP) is 1.20. The monoisotopic (exact) mass is 220 g/mol. The minimum Gasteiger partial charge on any atom is -0.383 e. The van der Waals surface area contributed by atoms with E-state index in [2.05, 4.69) is 16.7 Å². The molecule has 0 aromatic carbocycles. The summed E-state index contributed by atoms with van der Waals surface area (Å²) in [6, 6.07) is 0. The Morgan fingerprint density at radius 1 is 1.62 bits per heavy atom. The van der Waals surface area contributed by atoms with E-state index in [1.165, 1.54) is 0 Å². The molecule has 0 spiro atoms. The predicted molar refractivity (Wildman–Crippen MR) is 60.9 cm³/mol. The quantitative estimate of drug-likeness (QED) is 0.660. The summed E-state index contributed by atoms with van der Waals surface area (Å²) >= 11 is 6.99. The molecule has 0 aliphatic carbocycles. The Kier molecular flexibility index (Phi) is 5.01. The molecule has 3 nitrogen and oxygen atoms in total. The number of rotatable bonds is 4. The third-order valence-corrected chi connectivity index (χ3v) is 3.62. The second kappa shape index (κ2) is 5.80. The van der Waals surface area contributed by atoms with Crippen molar-refractivity contribution >= 4 is 28.3 Å². The van der Waals surface area contributed by atoms with Crippen molar-refractivity contribution in [1.29, 1.82) is 0 Å². The zero-order valence-electron chi connectivity index (χ0n) is 8.15. The second-order valence-corrected chi connectivity index (χ2v) is 4.50. The van der Waals surface area contributed by atoms with E-state index in [1.807, 2.05) is 0 Å². The highest BCUT2D eigenvalue weighted by Crippen LogP contribution is 2.17. The minimum atomic E-state index is 0.748. The minimum absolute atomic E-state index is 0.748.